The highest BCUT2D eigenvalue weighted by Gasteiger charge is 2.18. The Bertz CT molecular complexity index is 337. The van der Waals surface area contributed by atoms with E-state index in [0.29, 0.717) is 13.1 Å². The molecule has 0 aliphatic rings. The fourth-order valence-corrected chi connectivity index (χ4v) is 1.68. The number of aliphatic hydroxyl groups is 1. The van der Waals surface area contributed by atoms with E-state index in [0.717, 1.165) is 12.0 Å². The zero-order valence-electron chi connectivity index (χ0n) is 10.6. The van der Waals surface area contributed by atoms with Gasteiger partial charge in [-0.15, -0.1) is 0 Å². The molecule has 0 bridgehead atoms. The van der Waals surface area contributed by atoms with Gasteiger partial charge < -0.3 is 10.0 Å². The molecule has 0 aromatic heterocycles. The highest BCUT2D eigenvalue weighted by Crippen LogP contribution is 2.10. The van der Waals surface area contributed by atoms with Gasteiger partial charge in [0.05, 0.1) is 6.61 Å². The molecule has 0 fully saturated rings. The SMILES string of the molecule is CCC(C)C(=O)N(CCO)Cc1ccccc1. The van der Waals surface area contributed by atoms with Gasteiger partial charge in [0.2, 0.25) is 5.91 Å². The Morgan fingerprint density at radius 3 is 2.53 bits per heavy atom. The van der Waals surface area contributed by atoms with Crippen molar-refractivity contribution >= 4 is 5.91 Å². The van der Waals surface area contributed by atoms with E-state index in [4.69, 9.17) is 5.11 Å². The Hall–Kier alpha value is -1.35. The van der Waals surface area contributed by atoms with E-state index >= 15 is 0 Å². The lowest BCUT2D eigenvalue weighted by Gasteiger charge is -2.24. The van der Waals surface area contributed by atoms with Crippen LogP contribution in [0.3, 0.4) is 0 Å². The summed E-state index contributed by atoms with van der Waals surface area (Å²) in [6.45, 7) is 4.91. The number of carbonyl (C=O) groups is 1. The van der Waals surface area contributed by atoms with Crippen molar-refractivity contribution in [2.24, 2.45) is 5.92 Å². The third-order valence-electron chi connectivity index (χ3n) is 2.93. The van der Waals surface area contributed by atoms with Crippen LogP contribution >= 0.6 is 0 Å². The van der Waals surface area contributed by atoms with Gasteiger partial charge in [0.15, 0.2) is 0 Å². The number of carbonyl (C=O) groups excluding carboxylic acids is 1. The molecule has 0 aliphatic heterocycles. The van der Waals surface area contributed by atoms with Crippen LogP contribution in [-0.4, -0.2) is 29.1 Å². The molecule has 1 aromatic carbocycles. The second kappa shape index (κ2) is 7.07. The molecule has 1 N–H and O–H groups in total. The number of hydrogen-bond donors (Lipinski definition) is 1. The average molecular weight is 235 g/mol. The maximum atomic E-state index is 12.1. The van der Waals surface area contributed by atoms with Gasteiger partial charge in [-0.2, -0.15) is 0 Å². The van der Waals surface area contributed by atoms with Crippen LogP contribution in [0.25, 0.3) is 0 Å². The molecular weight excluding hydrogens is 214 g/mol. The molecule has 17 heavy (non-hydrogen) atoms. The first-order valence-electron chi connectivity index (χ1n) is 6.12. The lowest BCUT2D eigenvalue weighted by atomic mass is 10.1. The van der Waals surface area contributed by atoms with Gasteiger partial charge in [0.1, 0.15) is 0 Å². The summed E-state index contributed by atoms with van der Waals surface area (Å²) in [4.78, 5) is 13.8. The Kier molecular flexibility index (Phi) is 5.70. The van der Waals surface area contributed by atoms with Crippen LogP contribution in [0.1, 0.15) is 25.8 Å². The molecule has 1 amide bonds. The first-order valence-corrected chi connectivity index (χ1v) is 6.12. The molecule has 1 rings (SSSR count). The zero-order chi connectivity index (χ0) is 12.7. The highest BCUT2D eigenvalue weighted by molar-refractivity contribution is 5.78. The molecule has 0 heterocycles. The minimum absolute atomic E-state index is 0.00894. The van der Waals surface area contributed by atoms with Gasteiger partial charge in [-0.05, 0) is 12.0 Å². The molecule has 3 heteroatoms. The summed E-state index contributed by atoms with van der Waals surface area (Å²) < 4.78 is 0. The van der Waals surface area contributed by atoms with Crippen LogP contribution in [0.2, 0.25) is 0 Å². The Morgan fingerprint density at radius 1 is 1.35 bits per heavy atom. The summed E-state index contributed by atoms with van der Waals surface area (Å²) in [7, 11) is 0. The topological polar surface area (TPSA) is 40.5 Å². The van der Waals surface area contributed by atoms with Crippen molar-refractivity contribution in [3.63, 3.8) is 0 Å². The van der Waals surface area contributed by atoms with Crippen LogP contribution < -0.4 is 0 Å². The number of rotatable bonds is 6. The van der Waals surface area contributed by atoms with Gasteiger partial charge in [0, 0.05) is 19.0 Å². The van der Waals surface area contributed by atoms with Crippen LogP contribution in [0, 0.1) is 5.92 Å². The number of amides is 1. The molecule has 1 atom stereocenters. The summed E-state index contributed by atoms with van der Waals surface area (Å²) >= 11 is 0. The number of aliphatic hydroxyl groups excluding tert-OH is 1. The smallest absolute Gasteiger partial charge is 0.225 e. The molecular formula is C14H21NO2. The third kappa shape index (κ3) is 4.19. The minimum atomic E-state index is 0.00894. The molecule has 0 aliphatic carbocycles. The molecule has 0 radical (unpaired) electrons. The van der Waals surface area contributed by atoms with Crippen LogP contribution in [0.5, 0.6) is 0 Å². The number of nitrogens with zero attached hydrogens (tertiary/aromatic N) is 1. The standard InChI is InChI=1S/C14H21NO2/c1-3-12(2)14(17)15(9-10-16)11-13-7-5-4-6-8-13/h4-8,12,16H,3,9-11H2,1-2H3. The quantitative estimate of drug-likeness (QED) is 0.820. The minimum Gasteiger partial charge on any atom is -0.395 e. The molecule has 0 saturated carbocycles. The second-order valence-electron chi connectivity index (χ2n) is 4.28. The van der Waals surface area contributed by atoms with Crippen molar-refractivity contribution in [1.82, 2.24) is 4.90 Å². The summed E-state index contributed by atoms with van der Waals surface area (Å²) in [6.07, 6.45) is 0.829. The Balaban J connectivity index is 2.69. The number of hydrogen-bond acceptors (Lipinski definition) is 2. The van der Waals surface area contributed by atoms with E-state index in [2.05, 4.69) is 0 Å². The van der Waals surface area contributed by atoms with Crippen molar-refractivity contribution in [2.75, 3.05) is 13.2 Å². The fourth-order valence-electron chi connectivity index (χ4n) is 1.68. The van der Waals surface area contributed by atoms with E-state index in [1.165, 1.54) is 0 Å². The van der Waals surface area contributed by atoms with Gasteiger partial charge in [-0.25, -0.2) is 0 Å². The van der Waals surface area contributed by atoms with Crippen LogP contribution in [-0.2, 0) is 11.3 Å². The summed E-state index contributed by atoms with van der Waals surface area (Å²) in [5, 5.41) is 9.02. The highest BCUT2D eigenvalue weighted by atomic mass is 16.3. The molecule has 1 unspecified atom stereocenters. The van der Waals surface area contributed by atoms with Crippen LogP contribution in [0.4, 0.5) is 0 Å². The predicted molar refractivity (Wildman–Crippen MR) is 68.4 cm³/mol. The molecule has 3 nitrogen and oxygen atoms in total. The van der Waals surface area contributed by atoms with E-state index in [9.17, 15) is 4.79 Å². The first kappa shape index (κ1) is 13.7. The van der Waals surface area contributed by atoms with E-state index in [1.807, 2.05) is 44.2 Å². The Labute approximate surface area is 103 Å². The summed E-state index contributed by atoms with van der Waals surface area (Å²) in [5.41, 5.74) is 1.10. The van der Waals surface area contributed by atoms with Crippen molar-refractivity contribution in [1.29, 1.82) is 0 Å². The first-order chi connectivity index (χ1) is 8.19. The Morgan fingerprint density at radius 2 is 2.00 bits per heavy atom. The van der Waals surface area contributed by atoms with Crippen molar-refractivity contribution < 1.29 is 9.90 Å². The predicted octanol–water partition coefficient (Wildman–Crippen LogP) is 2.05. The van der Waals surface area contributed by atoms with Crippen LogP contribution in [0.15, 0.2) is 30.3 Å². The third-order valence-corrected chi connectivity index (χ3v) is 2.93. The van der Waals surface area contributed by atoms with E-state index in [-0.39, 0.29) is 18.4 Å². The number of benzene rings is 1. The fraction of sp³-hybridized carbons (Fsp3) is 0.500. The molecule has 94 valence electrons. The van der Waals surface area contributed by atoms with Gasteiger partial charge in [-0.1, -0.05) is 44.2 Å². The maximum absolute atomic E-state index is 12.1. The summed E-state index contributed by atoms with van der Waals surface area (Å²) in [5.74, 6) is 0.135. The second-order valence-corrected chi connectivity index (χ2v) is 4.28. The normalized spacial score (nSPS) is 12.2. The maximum Gasteiger partial charge on any atom is 0.225 e. The van der Waals surface area contributed by atoms with Crippen molar-refractivity contribution in [3.8, 4) is 0 Å². The largest absolute Gasteiger partial charge is 0.395 e. The lowest BCUT2D eigenvalue weighted by Crippen LogP contribution is -2.36. The van der Waals surface area contributed by atoms with E-state index < -0.39 is 0 Å². The molecule has 0 spiro atoms. The van der Waals surface area contributed by atoms with Crippen molar-refractivity contribution in [2.45, 2.75) is 26.8 Å². The summed E-state index contributed by atoms with van der Waals surface area (Å²) in [6, 6.07) is 9.86. The van der Waals surface area contributed by atoms with Gasteiger partial charge in [0.25, 0.3) is 0 Å². The molecule has 1 aromatic rings. The molecule has 0 saturated heterocycles. The average Bonchev–Trinajstić information content (AvgIpc) is 2.37. The lowest BCUT2D eigenvalue weighted by molar-refractivity contribution is -0.136. The van der Waals surface area contributed by atoms with Gasteiger partial charge in [-0.3, -0.25) is 4.79 Å². The zero-order valence-corrected chi connectivity index (χ0v) is 10.6. The van der Waals surface area contributed by atoms with E-state index in [1.54, 1.807) is 4.90 Å². The van der Waals surface area contributed by atoms with Gasteiger partial charge >= 0.3 is 0 Å². The monoisotopic (exact) mass is 235 g/mol. The van der Waals surface area contributed by atoms with Crippen molar-refractivity contribution in [3.05, 3.63) is 35.9 Å².